The second-order valence-electron chi connectivity index (χ2n) is 1.52. The smallest absolute Gasteiger partial charge is 0.209 e. The molecule has 44 valence electrons. The van der Waals surface area contributed by atoms with Gasteiger partial charge >= 0.3 is 0 Å². The van der Waals surface area contributed by atoms with E-state index in [0.29, 0.717) is 11.8 Å². The summed E-state index contributed by atoms with van der Waals surface area (Å²) in [5, 5.41) is 0. The van der Waals surface area contributed by atoms with Crippen molar-refractivity contribution in [1.29, 1.82) is 0 Å². The molecule has 1 aromatic rings. The molecule has 2 nitrogen and oxygen atoms in total. The van der Waals surface area contributed by atoms with Gasteiger partial charge in [-0.05, 0) is 6.92 Å². The Morgan fingerprint density at radius 3 is 2.88 bits per heavy atom. The lowest BCUT2D eigenvalue weighted by Gasteiger charge is -1.76. The van der Waals surface area contributed by atoms with Crippen LogP contribution in [-0.4, -0.2) is 4.98 Å². The first kappa shape index (κ1) is 5.63. The predicted molar refractivity (Wildman–Crippen MR) is 30.8 cm³/mol. The molecular weight excluding hydrogens is 126 g/mol. The van der Waals surface area contributed by atoms with Gasteiger partial charge in [0.05, 0.1) is 11.6 Å². The first-order valence-electron chi connectivity index (χ1n) is 2.30. The minimum absolute atomic E-state index is 0.355. The van der Waals surface area contributed by atoms with Crippen LogP contribution in [0.15, 0.2) is 10.7 Å². The second kappa shape index (κ2) is 2.18. The maximum Gasteiger partial charge on any atom is 0.209 e. The lowest BCUT2D eigenvalue weighted by Crippen LogP contribution is -1.74. The number of hydrogen-bond acceptors (Lipinski definition) is 2. The highest BCUT2D eigenvalue weighted by Crippen LogP contribution is 2.01. The maximum absolute atomic E-state index is 5.38. The number of halogens is 1. The average molecular weight is 132 g/mol. The molecule has 0 spiro atoms. The predicted octanol–water partition coefficient (Wildman–Crippen LogP) is 1.72. The van der Waals surface area contributed by atoms with E-state index in [2.05, 4.69) is 4.98 Å². The third kappa shape index (κ3) is 1.01. The monoisotopic (exact) mass is 131 g/mol. The fourth-order valence-corrected chi connectivity index (χ4v) is 0.587. The van der Waals surface area contributed by atoms with E-state index < -0.39 is 0 Å². The van der Waals surface area contributed by atoms with E-state index in [1.54, 1.807) is 6.26 Å². The normalized spacial score (nSPS) is 9.75. The number of nitrogens with zero attached hydrogens (tertiary/aromatic N) is 1. The Labute approximate surface area is 52.5 Å². The van der Waals surface area contributed by atoms with Crippen molar-refractivity contribution in [2.75, 3.05) is 0 Å². The van der Waals surface area contributed by atoms with Crippen LogP contribution in [0.4, 0.5) is 0 Å². The van der Waals surface area contributed by atoms with Crippen molar-refractivity contribution >= 4 is 11.6 Å². The summed E-state index contributed by atoms with van der Waals surface area (Å²) in [6.07, 6.45) is 1.58. The molecule has 0 amide bonds. The first-order valence-corrected chi connectivity index (χ1v) is 2.83. The zero-order valence-electron chi connectivity index (χ0n) is 4.52. The van der Waals surface area contributed by atoms with Crippen LogP contribution >= 0.6 is 11.6 Å². The van der Waals surface area contributed by atoms with Crippen LogP contribution in [0.3, 0.4) is 0 Å². The van der Waals surface area contributed by atoms with Crippen molar-refractivity contribution in [3.05, 3.63) is 17.8 Å². The molecule has 0 aromatic carbocycles. The molecule has 8 heavy (non-hydrogen) atoms. The largest absolute Gasteiger partial charge is 0.447 e. The fraction of sp³-hybridized carbons (Fsp3) is 0.400. The van der Waals surface area contributed by atoms with Gasteiger partial charge < -0.3 is 4.42 Å². The molecule has 1 heterocycles. The van der Waals surface area contributed by atoms with Crippen molar-refractivity contribution in [2.24, 2.45) is 0 Å². The number of aromatic nitrogens is 1. The molecule has 0 aliphatic rings. The van der Waals surface area contributed by atoms with Gasteiger partial charge in [-0.3, -0.25) is 0 Å². The summed E-state index contributed by atoms with van der Waals surface area (Å²) in [5.74, 6) is 0.942. The van der Waals surface area contributed by atoms with Gasteiger partial charge in [0.2, 0.25) is 5.89 Å². The summed E-state index contributed by atoms with van der Waals surface area (Å²) in [6, 6.07) is 0. The Morgan fingerprint density at radius 1 is 1.88 bits per heavy atom. The van der Waals surface area contributed by atoms with Crippen molar-refractivity contribution in [3.8, 4) is 0 Å². The van der Waals surface area contributed by atoms with E-state index in [9.17, 15) is 0 Å². The van der Waals surface area contributed by atoms with Crippen molar-refractivity contribution in [3.63, 3.8) is 0 Å². The standard InChI is InChI=1S/C5H6ClNO/c1-4-3-8-5(2-6)7-4/h3H,2H2,1H3. The molecule has 0 N–H and O–H groups in total. The molecule has 0 aliphatic heterocycles. The van der Waals surface area contributed by atoms with Gasteiger partial charge in [0.15, 0.2) is 0 Å². The summed E-state index contributed by atoms with van der Waals surface area (Å²) in [7, 11) is 0. The van der Waals surface area contributed by atoms with Crippen LogP contribution in [0.5, 0.6) is 0 Å². The summed E-state index contributed by atoms with van der Waals surface area (Å²) >= 11 is 5.38. The first-order chi connectivity index (χ1) is 3.83. The number of rotatable bonds is 1. The van der Waals surface area contributed by atoms with Crippen molar-refractivity contribution < 1.29 is 4.42 Å². The van der Waals surface area contributed by atoms with E-state index in [4.69, 9.17) is 16.0 Å². The lowest BCUT2D eigenvalue weighted by atomic mass is 10.6. The molecule has 0 atom stereocenters. The zero-order valence-corrected chi connectivity index (χ0v) is 5.27. The average Bonchev–Trinajstić information content (AvgIpc) is 2.14. The molecule has 3 heteroatoms. The number of oxazole rings is 1. The highest BCUT2D eigenvalue weighted by molar-refractivity contribution is 6.16. The quantitative estimate of drug-likeness (QED) is 0.543. The Kier molecular flexibility index (Phi) is 1.53. The van der Waals surface area contributed by atoms with Crippen molar-refractivity contribution in [1.82, 2.24) is 4.98 Å². The number of hydrogen-bond donors (Lipinski definition) is 0. The zero-order chi connectivity index (χ0) is 5.98. The topological polar surface area (TPSA) is 26.0 Å². The Morgan fingerprint density at radius 2 is 2.62 bits per heavy atom. The second-order valence-corrected chi connectivity index (χ2v) is 1.78. The van der Waals surface area contributed by atoms with Gasteiger partial charge in [-0.15, -0.1) is 11.6 Å². The SMILES string of the molecule is Cc1coc(CCl)n1. The van der Waals surface area contributed by atoms with E-state index in [1.165, 1.54) is 0 Å². The van der Waals surface area contributed by atoms with Crippen LogP contribution in [0.1, 0.15) is 11.6 Å². The highest BCUT2D eigenvalue weighted by Gasteiger charge is 1.94. The van der Waals surface area contributed by atoms with Crippen LogP contribution in [0.2, 0.25) is 0 Å². The molecule has 0 unspecified atom stereocenters. The van der Waals surface area contributed by atoms with E-state index in [-0.39, 0.29) is 0 Å². The van der Waals surface area contributed by atoms with Crippen LogP contribution in [0, 0.1) is 6.92 Å². The minimum atomic E-state index is 0.355. The van der Waals surface area contributed by atoms with Crippen LogP contribution in [-0.2, 0) is 5.88 Å². The summed E-state index contributed by atoms with van der Waals surface area (Å²) in [4.78, 5) is 3.93. The van der Waals surface area contributed by atoms with Gasteiger partial charge in [0, 0.05) is 0 Å². The fourth-order valence-electron chi connectivity index (χ4n) is 0.464. The third-order valence-corrected chi connectivity index (χ3v) is 1.01. The maximum atomic E-state index is 5.38. The molecule has 0 radical (unpaired) electrons. The number of aryl methyl sites for hydroxylation is 1. The Hall–Kier alpha value is -0.500. The van der Waals surface area contributed by atoms with Gasteiger partial charge in [-0.2, -0.15) is 0 Å². The third-order valence-electron chi connectivity index (χ3n) is 0.781. The lowest BCUT2D eigenvalue weighted by molar-refractivity contribution is 0.515. The molecule has 1 aromatic heterocycles. The Bertz CT molecular complexity index is 173. The Balaban J connectivity index is 2.84. The minimum Gasteiger partial charge on any atom is -0.447 e. The molecule has 0 saturated carbocycles. The summed E-state index contributed by atoms with van der Waals surface area (Å²) in [5.41, 5.74) is 0.876. The van der Waals surface area contributed by atoms with Gasteiger partial charge in [-0.25, -0.2) is 4.98 Å². The number of alkyl halides is 1. The molecule has 0 fully saturated rings. The van der Waals surface area contributed by atoms with Crippen LogP contribution < -0.4 is 0 Å². The van der Waals surface area contributed by atoms with Gasteiger partial charge in [0.1, 0.15) is 6.26 Å². The van der Waals surface area contributed by atoms with Gasteiger partial charge in [0.25, 0.3) is 0 Å². The molecule has 0 aliphatic carbocycles. The molecular formula is C5H6ClNO. The van der Waals surface area contributed by atoms with Gasteiger partial charge in [-0.1, -0.05) is 0 Å². The van der Waals surface area contributed by atoms with Crippen LogP contribution in [0.25, 0.3) is 0 Å². The van der Waals surface area contributed by atoms with E-state index in [1.807, 2.05) is 6.92 Å². The molecule has 1 rings (SSSR count). The summed E-state index contributed by atoms with van der Waals surface area (Å²) in [6.45, 7) is 1.86. The highest BCUT2D eigenvalue weighted by atomic mass is 35.5. The van der Waals surface area contributed by atoms with Crippen molar-refractivity contribution in [2.45, 2.75) is 12.8 Å². The molecule has 0 saturated heterocycles. The molecule has 0 bridgehead atoms. The summed E-state index contributed by atoms with van der Waals surface area (Å²) < 4.78 is 4.87. The van der Waals surface area contributed by atoms with E-state index >= 15 is 0 Å². The van der Waals surface area contributed by atoms with E-state index in [0.717, 1.165) is 5.69 Å².